The molecule has 96 valence electrons. The van der Waals surface area contributed by atoms with Crippen molar-refractivity contribution in [1.29, 1.82) is 0 Å². The molecule has 3 nitrogen and oxygen atoms in total. The molecule has 18 heavy (non-hydrogen) atoms. The lowest BCUT2D eigenvalue weighted by molar-refractivity contribution is 0.591. The lowest BCUT2D eigenvalue weighted by Crippen LogP contribution is -2.22. The largest absolute Gasteiger partial charge is 0.283 e. The first kappa shape index (κ1) is 13.1. The minimum atomic E-state index is -0.0707. The molecule has 4 heteroatoms. The van der Waals surface area contributed by atoms with Gasteiger partial charge < -0.3 is 0 Å². The van der Waals surface area contributed by atoms with Crippen LogP contribution < -0.4 is 5.56 Å². The predicted molar refractivity (Wildman–Crippen MR) is 75.4 cm³/mol. The van der Waals surface area contributed by atoms with Gasteiger partial charge in [0.1, 0.15) is 0 Å². The Morgan fingerprint density at radius 3 is 2.56 bits per heavy atom. The van der Waals surface area contributed by atoms with Gasteiger partial charge in [-0.25, -0.2) is 4.98 Å². The van der Waals surface area contributed by atoms with Crippen molar-refractivity contribution in [2.75, 3.05) is 0 Å². The first-order valence-electron chi connectivity index (χ1n) is 6.05. The predicted octanol–water partition coefficient (Wildman–Crippen LogP) is 3.37. The quantitative estimate of drug-likeness (QED) is 0.740. The number of rotatable bonds is 1. The van der Waals surface area contributed by atoms with E-state index in [0.29, 0.717) is 17.4 Å². The van der Waals surface area contributed by atoms with Crippen molar-refractivity contribution in [3.05, 3.63) is 39.4 Å². The third-order valence-electron chi connectivity index (χ3n) is 3.09. The Bertz CT molecular complexity index is 653. The number of halogens is 1. The maximum absolute atomic E-state index is 12.3. The van der Waals surface area contributed by atoms with Gasteiger partial charge in [-0.1, -0.05) is 26.8 Å². The van der Waals surface area contributed by atoms with Gasteiger partial charge in [0, 0.05) is 6.54 Å². The smallest absolute Gasteiger partial charge is 0.262 e. The topological polar surface area (TPSA) is 34.9 Å². The average molecular weight is 265 g/mol. The normalized spacial score (nSPS) is 12.1. The molecule has 0 bridgehead atoms. The fourth-order valence-corrected chi connectivity index (χ4v) is 2.22. The summed E-state index contributed by atoms with van der Waals surface area (Å²) in [5.41, 5.74) is 1.72. The first-order valence-corrected chi connectivity index (χ1v) is 6.43. The Morgan fingerprint density at radius 1 is 1.33 bits per heavy atom. The van der Waals surface area contributed by atoms with Gasteiger partial charge in [0.05, 0.1) is 10.9 Å². The molecule has 0 saturated carbocycles. The van der Waals surface area contributed by atoms with Crippen molar-refractivity contribution in [1.82, 2.24) is 9.55 Å². The van der Waals surface area contributed by atoms with Gasteiger partial charge in [-0.2, -0.15) is 0 Å². The fraction of sp³-hybridized carbons (Fsp3) is 0.429. The van der Waals surface area contributed by atoms with Crippen LogP contribution in [0.2, 0.25) is 5.28 Å². The maximum Gasteiger partial charge on any atom is 0.262 e. The number of hydrogen-bond acceptors (Lipinski definition) is 2. The molecule has 1 aromatic heterocycles. The number of hydrogen-bond donors (Lipinski definition) is 0. The Labute approximate surface area is 111 Å². The summed E-state index contributed by atoms with van der Waals surface area (Å²) in [7, 11) is 0. The van der Waals surface area contributed by atoms with E-state index in [-0.39, 0.29) is 16.3 Å². The lowest BCUT2D eigenvalue weighted by atomic mass is 9.86. The van der Waals surface area contributed by atoms with Crippen molar-refractivity contribution in [2.24, 2.45) is 0 Å². The zero-order valence-corrected chi connectivity index (χ0v) is 11.9. The number of fused-ring (bicyclic) bond motifs is 1. The van der Waals surface area contributed by atoms with Gasteiger partial charge in [0.15, 0.2) is 0 Å². The number of benzene rings is 1. The Morgan fingerprint density at radius 2 is 2.00 bits per heavy atom. The monoisotopic (exact) mass is 264 g/mol. The minimum absolute atomic E-state index is 0.0112. The van der Waals surface area contributed by atoms with Gasteiger partial charge in [-0.15, -0.1) is 0 Å². The highest BCUT2D eigenvalue weighted by Gasteiger charge is 2.16. The molecule has 0 aliphatic carbocycles. The van der Waals surface area contributed by atoms with E-state index in [9.17, 15) is 4.79 Å². The maximum atomic E-state index is 12.3. The van der Waals surface area contributed by atoms with Crippen molar-refractivity contribution >= 4 is 22.5 Å². The van der Waals surface area contributed by atoms with E-state index in [1.165, 1.54) is 4.57 Å². The average Bonchev–Trinajstić information content (AvgIpc) is 2.27. The van der Waals surface area contributed by atoms with E-state index >= 15 is 0 Å². The highest BCUT2D eigenvalue weighted by Crippen LogP contribution is 2.24. The zero-order valence-electron chi connectivity index (χ0n) is 11.1. The van der Waals surface area contributed by atoms with Crippen molar-refractivity contribution in [3.8, 4) is 0 Å². The SMILES string of the molecule is CCn1c(Cl)nc2ccc(C(C)(C)C)cc2c1=O. The van der Waals surface area contributed by atoms with E-state index < -0.39 is 0 Å². The molecule has 2 rings (SSSR count). The molecule has 1 aromatic carbocycles. The lowest BCUT2D eigenvalue weighted by Gasteiger charge is -2.19. The summed E-state index contributed by atoms with van der Waals surface area (Å²) >= 11 is 5.99. The summed E-state index contributed by atoms with van der Waals surface area (Å²) < 4.78 is 1.48. The molecule has 0 saturated heterocycles. The molecule has 0 aliphatic heterocycles. The van der Waals surface area contributed by atoms with Gasteiger partial charge in [-0.3, -0.25) is 9.36 Å². The summed E-state index contributed by atoms with van der Waals surface area (Å²) in [6.45, 7) is 8.77. The Kier molecular flexibility index (Phi) is 3.20. The molecular weight excluding hydrogens is 248 g/mol. The van der Waals surface area contributed by atoms with E-state index in [1.807, 2.05) is 25.1 Å². The van der Waals surface area contributed by atoms with Crippen LogP contribution in [-0.2, 0) is 12.0 Å². The van der Waals surface area contributed by atoms with Gasteiger partial charge in [-0.05, 0) is 41.6 Å². The van der Waals surface area contributed by atoms with Crippen LogP contribution in [0, 0.1) is 0 Å². The summed E-state index contributed by atoms with van der Waals surface area (Å²) in [5.74, 6) is 0. The standard InChI is InChI=1S/C14H17ClN2O/c1-5-17-12(18)10-8-9(14(2,3)4)6-7-11(10)16-13(17)15/h6-8H,5H2,1-4H3. The highest BCUT2D eigenvalue weighted by molar-refractivity contribution is 6.28. The second kappa shape index (κ2) is 4.39. The molecule has 0 spiro atoms. The fourth-order valence-electron chi connectivity index (χ4n) is 1.93. The first-order chi connectivity index (χ1) is 8.34. The van der Waals surface area contributed by atoms with Crippen LogP contribution >= 0.6 is 11.6 Å². The molecule has 0 radical (unpaired) electrons. The summed E-state index contributed by atoms with van der Waals surface area (Å²) in [6, 6.07) is 5.79. The molecule has 1 heterocycles. The van der Waals surface area contributed by atoms with Gasteiger partial charge in [0.25, 0.3) is 5.56 Å². The third-order valence-corrected chi connectivity index (χ3v) is 3.38. The van der Waals surface area contributed by atoms with Crippen molar-refractivity contribution < 1.29 is 0 Å². The van der Waals surface area contributed by atoms with Crippen LogP contribution in [0.4, 0.5) is 0 Å². The molecule has 0 fully saturated rings. The van der Waals surface area contributed by atoms with E-state index in [4.69, 9.17) is 11.6 Å². The highest BCUT2D eigenvalue weighted by atomic mass is 35.5. The van der Waals surface area contributed by atoms with Crippen LogP contribution in [0.5, 0.6) is 0 Å². The van der Waals surface area contributed by atoms with E-state index in [2.05, 4.69) is 25.8 Å². The summed E-state index contributed by atoms with van der Waals surface area (Å²) in [4.78, 5) is 16.6. The zero-order chi connectivity index (χ0) is 13.5. The second-order valence-electron chi connectivity index (χ2n) is 5.41. The van der Waals surface area contributed by atoms with Gasteiger partial charge in [0.2, 0.25) is 5.28 Å². The molecule has 0 aliphatic rings. The molecule has 0 unspecified atom stereocenters. The van der Waals surface area contributed by atoms with Crippen LogP contribution in [0.25, 0.3) is 10.9 Å². The van der Waals surface area contributed by atoms with Crippen LogP contribution in [-0.4, -0.2) is 9.55 Å². The Hall–Kier alpha value is -1.35. The molecular formula is C14H17ClN2O. The van der Waals surface area contributed by atoms with Crippen LogP contribution in [0.15, 0.2) is 23.0 Å². The van der Waals surface area contributed by atoms with Crippen LogP contribution in [0.3, 0.4) is 0 Å². The molecule has 0 amide bonds. The minimum Gasteiger partial charge on any atom is -0.283 e. The van der Waals surface area contributed by atoms with Crippen LogP contribution in [0.1, 0.15) is 33.3 Å². The Balaban J connectivity index is 2.81. The molecule has 0 N–H and O–H groups in total. The van der Waals surface area contributed by atoms with Gasteiger partial charge >= 0.3 is 0 Å². The van der Waals surface area contributed by atoms with E-state index in [0.717, 1.165) is 5.56 Å². The molecule has 0 atom stereocenters. The summed E-state index contributed by atoms with van der Waals surface area (Å²) in [6.07, 6.45) is 0. The third kappa shape index (κ3) is 2.15. The van der Waals surface area contributed by atoms with E-state index in [1.54, 1.807) is 0 Å². The number of aromatic nitrogens is 2. The number of nitrogens with zero attached hydrogens (tertiary/aromatic N) is 2. The van der Waals surface area contributed by atoms with Crippen molar-refractivity contribution in [2.45, 2.75) is 39.7 Å². The van der Waals surface area contributed by atoms with Crippen molar-refractivity contribution in [3.63, 3.8) is 0 Å². The second-order valence-corrected chi connectivity index (χ2v) is 5.75. The summed E-state index contributed by atoms with van der Waals surface area (Å²) in [5, 5.41) is 0.882. The molecule has 2 aromatic rings.